The number of rotatable bonds is 4. The Morgan fingerprint density at radius 3 is 2.41 bits per heavy atom. The molecular formula is C8H7O8S-. The summed E-state index contributed by atoms with van der Waals surface area (Å²) in [7, 11) is -4.02. The van der Waals surface area contributed by atoms with E-state index in [9.17, 15) is 22.9 Å². The Hall–Kier alpha value is -2.00. The average molecular weight is 263 g/mol. The fourth-order valence-electron chi connectivity index (χ4n) is 1.09. The highest BCUT2D eigenvalue weighted by molar-refractivity contribution is 7.81. The van der Waals surface area contributed by atoms with Gasteiger partial charge in [-0.25, -0.2) is 13.2 Å². The Kier molecular flexibility index (Phi) is 3.44. The molecule has 0 aliphatic heterocycles. The zero-order valence-corrected chi connectivity index (χ0v) is 9.22. The Bertz CT molecular complexity index is 547. The summed E-state index contributed by atoms with van der Waals surface area (Å²) in [5.74, 6) is -3.24. The molecule has 94 valence electrons. The zero-order valence-electron chi connectivity index (χ0n) is 8.41. The van der Waals surface area contributed by atoms with Crippen LogP contribution in [0.25, 0.3) is 0 Å². The number of carboxylic acids is 1. The smallest absolute Gasteiger partial charge is 0.335 e. The van der Waals surface area contributed by atoms with Crippen LogP contribution in [0.4, 0.5) is 0 Å². The molecule has 9 heteroatoms. The molecule has 0 bridgehead atoms. The fraction of sp³-hybridized carbons (Fsp3) is 0.125. The first-order chi connectivity index (χ1) is 7.74. The van der Waals surface area contributed by atoms with Crippen molar-refractivity contribution in [3.8, 4) is 17.2 Å². The number of carboxylic acid groups (broad SMARTS) is 1. The molecule has 0 radical (unpaired) electrons. The Morgan fingerprint density at radius 1 is 1.41 bits per heavy atom. The van der Waals surface area contributed by atoms with Gasteiger partial charge in [0, 0.05) is 6.07 Å². The van der Waals surface area contributed by atoms with E-state index < -0.39 is 39.2 Å². The van der Waals surface area contributed by atoms with E-state index in [2.05, 4.69) is 8.92 Å². The number of aromatic hydroxyl groups is 1. The van der Waals surface area contributed by atoms with Crippen molar-refractivity contribution in [2.24, 2.45) is 0 Å². The molecule has 2 N–H and O–H groups in total. The Balaban J connectivity index is 3.39. The first-order valence-electron chi connectivity index (χ1n) is 4.04. The molecule has 0 saturated carbocycles. The first kappa shape index (κ1) is 13.1. The van der Waals surface area contributed by atoms with Crippen molar-refractivity contribution in [3.63, 3.8) is 0 Å². The average Bonchev–Trinajstić information content (AvgIpc) is 2.14. The van der Waals surface area contributed by atoms with Gasteiger partial charge in [0.25, 0.3) is 10.4 Å². The summed E-state index contributed by atoms with van der Waals surface area (Å²) >= 11 is 0. The van der Waals surface area contributed by atoms with E-state index in [1.807, 2.05) is 0 Å². The van der Waals surface area contributed by atoms with Crippen LogP contribution in [0, 0.1) is 0 Å². The van der Waals surface area contributed by atoms with Crippen molar-refractivity contribution in [3.05, 3.63) is 17.7 Å². The second-order valence-corrected chi connectivity index (χ2v) is 3.81. The molecule has 0 unspecified atom stereocenters. The van der Waals surface area contributed by atoms with Gasteiger partial charge in [-0.1, -0.05) is 0 Å². The van der Waals surface area contributed by atoms with E-state index in [0.717, 1.165) is 19.2 Å². The summed E-state index contributed by atoms with van der Waals surface area (Å²) in [5.41, 5.74) is -0.457. The molecule has 0 aliphatic rings. The van der Waals surface area contributed by atoms with E-state index >= 15 is 0 Å². The van der Waals surface area contributed by atoms with Gasteiger partial charge >= 0.3 is 5.97 Å². The third-order valence-electron chi connectivity index (χ3n) is 1.68. The maximum Gasteiger partial charge on any atom is 0.335 e. The minimum atomic E-state index is -5.10. The molecule has 0 heterocycles. The quantitative estimate of drug-likeness (QED) is 0.570. The predicted molar refractivity (Wildman–Crippen MR) is 51.9 cm³/mol. The van der Waals surface area contributed by atoms with Crippen LogP contribution in [0.3, 0.4) is 0 Å². The fourth-order valence-corrected chi connectivity index (χ4v) is 1.43. The molecule has 1 rings (SSSR count). The van der Waals surface area contributed by atoms with Gasteiger partial charge in [-0.15, -0.1) is 0 Å². The molecule has 8 nitrogen and oxygen atoms in total. The second kappa shape index (κ2) is 4.47. The third-order valence-corrected chi connectivity index (χ3v) is 2.06. The molecule has 0 amide bonds. The van der Waals surface area contributed by atoms with Crippen LogP contribution in [-0.4, -0.2) is 36.3 Å². The highest BCUT2D eigenvalue weighted by Gasteiger charge is 2.17. The lowest BCUT2D eigenvalue weighted by atomic mass is 10.2. The lowest BCUT2D eigenvalue weighted by Crippen LogP contribution is -2.09. The highest BCUT2D eigenvalue weighted by Crippen LogP contribution is 2.38. The van der Waals surface area contributed by atoms with Crippen LogP contribution in [-0.2, 0) is 10.4 Å². The lowest BCUT2D eigenvalue weighted by molar-refractivity contribution is 0.0696. The van der Waals surface area contributed by atoms with Gasteiger partial charge in [0.1, 0.15) is 0 Å². The summed E-state index contributed by atoms with van der Waals surface area (Å²) in [6.45, 7) is 0. The zero-order chi connectivity index (χ0) is 13.2. The number of benzene rings is 1. The standard InChI is InChI=1S/C8H8O8S/c1-15-7-5(9)2-4(8(10)11)3-6(7)16-17(12,13)14/h2-3,9H,1H3,(H,10,11)(H,12,13,14)/p-1. The second-order valence-electron chi connectivity index (χ2n) is 2.82. The number of hydrogen-bond acceptors (Lipinski definition) is 7. The summed E-state index contributed by atoms with van der Waals surface area (Å²) in [6.07, 6.45) is 0. The molecule has 0 atom stereocenters. The maximum absolute atomic E-state index is 10.6. The van der Waals surface area contributed by atoms with Gasteiger partial charge < -0.3 is 23.7 Å². The molecule has 0 fully saturated rings. The van der Waals surface area contributed by atoms with E-state index in [1.165, 1.54) is 0 Å². The van der Waals surface area contributed by atoms with Crippen LogP contribution in [0.5, 0.6) is 17.2 Å². The van der Waals surface area contributed by atoms with Crippen molar-refractivity contribution < 1.29 is 36.9 Å². The van der Waals surface area contributed by atoms with Crippen LogP contribution in [0.2, 0.25) is 0 Å². The van der Waals surface area contributed by atoms with E-state index in [1.54, 1.807) is 0 Å². The number of carbonyl (C=O) groups is 1. The van der Waals surface area contributed by atoms with Gasteiger partial charge in [-0.2, -0.15) is 0 Å². The highest BCUT2D eigenvalue weighted by atomic mass is 32.3. The summed E-state index contributed by atoms with van der Waals surface area (Å²) in [5, 5.41) is 18.0. The van der Waals surface area contributed by atoms with Crippen molar-refractivity contribution in [1.29, 1.82) is 0 Å². The van der Waals surface area contributed by atoms with Crippen LogP contribution in [0.1, 0.15) is 10.4 Å². The maximum atomic E-state index is 10.6. The number of phenols is 1. The number of methoxy groups -OCH3 is 1. The van der Waals surface area contributed by atoms with Crippen molar-refractivity contribution in [2.45, 2.75) is 0 Å². The molecule has 17 heavy (non-hydrogen) atoms. The molecular weight excluding hydrogens is 256 g/mol. The largest absolute Gasteiger partial charge is 0.716 e. The molecule has 0 saturated heterocycles. The van der Waals surface area contributed by atoms with Gasteiger partial charge in [-0.05, 0) is 6.07 Å². The number of aromatic carboxylic acids is 1. The molecule has 0 spiro atoms. The van der Waals surface area contributed by atoms with Crippen LogP contribution < -0.4 is 8.92 Å². The summed E-state index contributed by atoms with van der Waals surface area (Å²) < 4.78 is 39.7. The molecule has 1 aromatic carbocycles. The minimum Gasteiger partial charge on any atom is -0.716 e. The van der Waals surface area contributed by atoms with E-state index in [-0.39, 0.29) is 0 Å². The van der Waals surface area contributed by atoms with Crippen molar-refractivity contribution in [1.82, 2.24) is 0 Å². The van der Waals surface area contributed by atoms with Crippen LogP contribution >= 0.6 is 0 Å². The van der Waals surface area contributed by atoms with Crippen molar-refractivity contribution >= 4 is 16.4 Å². The normalized spacial score (nSPS) is 10.9. The Labute approximate surface area is 96.0 Å². The first-order valence-corrected chi connectivity index (χ1v) is 5.37. The SMILES string of the molecule is COc1c(O)cc(C(=O)O)cc1OS(=O)(=O)[O-]. The van der Waals surface area contributed by atoms with E-state index in [4.69, 9.17) is 5.11 Å². The monoisotopic (exact) mass is 263 g/mol. The van der Waals surface area contributed by atoms with Gasteiger partial charge in [0.05, 0.1) is 12.7 Å². The van der Waals surface area contributed by atoms with Gasteiger partial charge in [0.2, 0.25) is 5.75 Å². The molecule has 0 aliphatic carbocycles. The van der Waals surface area contributed by atoms with Crippen LogP contribution in [0.15, 0.2) is 12.1 Å². The Morgan fingerprint density at radius 2 is 2.00 bits per heavy atom. The number of phenolic OH excluding ortho intramolecular Hbond substituents is 1. The molecule has 1 aromatic rings. The number of hydrogen-bond donors (Lipinski definition) is 2. The van der Waals surface area contributed by atoms with Gasteiger partial charge in [-0.3, -0.25) is 0 Å². The van der Waals surface area contributed by atoms with Crippen molar-refractivity contribution in [2.75, 3.05) is 7.11 Å². The predicted octanol–water partition coefficient (Wildman–Crippen LogP) is -0.0620. The minimum absolute atomic E-state index is 0.450. The molecule has 0 aromatic heterocycles. The number of ether oxygens (including phenoxy) is 1. The lowest BCUT2D eigenvalue weighted by Gasteiger charge is -2.14. The van der Waals surface area contributed by atoms with E-state index in [0.29, 0.717) is 0 Å². The topological polar surface area (TPSA) is 133 Å². The summed E-state index contributed by atoms with van der Waals surface area (Å²) in [4.78, 5) is 10.6. The summed E-state index contributed by atoms with van der Waals surface area (Å²) in [6, 6.07) is 1.57. The van der Waals surface area contributed by atoms with Gasteiger partial charge in [0.15, 0.2) is 11.5 Å². The third kappa shape index (κ3) is 3.23.